The van der Waals surface area contributed by atoms with E-state index in [9.17, 15) is 13.2 Å². The van der Waals surface area contributed by atoms with Crippen LogP contribution >= 0.6 is 0 Å². The van der Waals surface area contributed by atoms with Gasteiger partial charge in [0.2, 0.25) is 0 Å². The van der Waals surface area contributed by atoms with Gasteiger partial charge < -0.3 is 10.4 Å². The van der Waals surface area contributed by atoms with Gasteiger partial charge in [-0.05, 0) is 30.5 Å². The van der Waals surface area contributed by atoms with E-state index in [1.165, 1.54) is 12.1 Å². The maximum atomic E-state index is 12.6. The monoisotopic (exact) mass is 286 g/mol. The van der Waals surface area contributed by atoms with Crippen LogP contribution in [0.4, 0.5) is 18.9 Å². The van der Waals surface area contributed by atoms with E-state index in [0.29, 0.717) is 18.7 Å². The zero-order valence-electron chi connectivity index (χ0n) is 11.2. The lowest BCUT2D eigenvalue weighted by Crippen LogP contribution is -2.15. The molecule has 6 heteroatoms. The highest BCUT2D eigenvalue weighted by Gasteiger charge is 2.33. The second kappa shape index (κ2) is 7.15. The molecule has 0 aliphatic rings. The Morgan fingerprint density at radius 1 is 1.40 bits per heavy atom. The summed E-state index contributed by atoms with van der Waals surface area (Å²) in [5.41, 5.74) is -0.836. The molecule has 2 N–H and O–H groups in total. The Bertz CT molecular complexity index is 480. The summed E-state index contributed by atoms with van der Waals surface area (Å²) in [6.45, 7) is 2.61. The molecule has 0 radical (unpaired) electrons. The van der Waals surface area contributed by atoms with Gasteiger partial charge in [0, 0.05) is 18.8 Å². The second-order valence-electron chi connectivity index (χ2n) is 4.54. The Labute approximate surface area is 116 Å². The highest BCUT2D eigenvalue weighted by Crippen LogP contribution is 2.33. The Balaban J connectivity index is 2.81. The largest absolute Gasteiger partial charge is 0.417 e. The van der Waals surface area contributed by atoms with Crippen LogP contribution in [0.3, 0.4) is 0 Å². The molecule has 0 fully saturated rings. The van der Waals surface area contributed by atoms with Crippen molar-refractivity contribution in [2.75, 3.05) is 18.5 Å². The molecule has 0 saturated heterocycles. The lowest BCUT2D eigenvalue weighted by Gasteiger charge is -2.16. The predicted molar refractivity (Wildman–Crippen MR) is 70.1 cm³/mol. The van der Waals surface area contributed by atoms with Crippen LogP contribution in [-0.4, -0.2) is 18.3 Å². The fraction of sp³-hybridized carbons (Fsp3) is 0.500. The molecule has 0 heterocycles. The van der Waals surface area contributed by atoms with Crippen molar-refractivity contribution in [1.82, 2.24) is 0 Å². The quantitative estimate of drug-likeness (QED) is 0.842. The van der Waals surface area contributed by atoms with Gasteiger partial charge in [-0.15, -0.1) is 0 Å². The minimum absolute atomic E-state index is 0.0800. The zero-order valence-corrected chi connectivity index (χ0v) is 11.2. The number of aliphatic hydroxyl groups is 1. The number of anilines is 1. The first-order valence-electron chi connectivity index (χ1n) is 6.38. The molecule has 0 bridgehead atoms. The molecule has 0 aromatic heterocycles. The van der Waals surface area contributed by atoms with Crippen molar-refractivity contribution in [2.24, 2.45) is 5.92 Å². The summed E-state index contributed by atoms with van der Waals surface area (Å²) >= 11 is 0. The summed E-state index contributed by atoms with van der Waals surface area (Å²) in [6, 6.07) is 5.00. The topological polar surface area (TPSA) is 56.0 Å². The first-order chi connectivity index (χ1) is 9.42. The molecular formula is C14H17F3N2O. The third kappa shape index (κ3) is 4.42. The fourth-order valence-corrected chi connectivity index (χ4v) is 1.89. The molecule has 0 spiro atoms. The third-order valence-electron chi connectivity index (χ3n) is 3.15. The minimum atomic E-state index is -4.52. The molecule has 1 rings (SSSR count). The molecule has 3 nitrogen and oxygen atoms in total. The molecule has 1 atom stereocenters. The lowest BCUT2D eigenvalue weighted by molar-refractivity contribution is -0.137. The van der Waals surface area contributed by atoms with Crippen LogP contribution in [0.25, 0.3) is 0 Å². The molecule has 20 heavy (non-hydrogen) atoms. The Hall–Kier alpha value is -1.74. The zero-order chi connectivity index (χ0) is 15.2. The van der Waals surface area contributed by atoms with E-state index < -0.39 is 17.3 Å². The molecule has 0 amide bonds. The number of nitriles is 1. The number of hydrogen-bond acceptors (Lipinski definition) is 3. The summed E-state index contributed by atoms with van der Waals surface area (Å²) in [4.78, 5) is 0. The maximum Gasteiger partial charge on any atom is 0.417 e. The molecule has 1 aromatic rings. The molecule has 1 unspecified atom stereocenters. The normalized spacial score (nSPS) is 12.8. The number of benzene rings is 1. The number of rotatable bonds is 6. The van der Waals surface area contributed by atoms with E-state index in [2.05, 4.69) is 5.32 Å². The lowest BCUT2D eigenvalue weighted by atomic mass is 10.0. The summed E-state index contributed by atoms with van der Waals surface area (Å²) < 4.78 is 37.9. The van der Waals surface area contributed by atoms with Gasteiger partial charge in [-0.3, -0.25) is 0 Å². The Morgan fingerprint density at radius 3 is 2.60 bits per heavy atom. The highest BCUT2D eigenvalue weighted by atomic mass is 19.4. The number of nitrogens with one attached hydrogen (secondary N) is 1. The van der Waals surface area contributed by atoms with Crippen molar-refractivity contribution in [3.63, 3.8) is 0 Å². The van der Waals surface area contributed by atoms with E-state index >= 15 is 0 Å². The van der Waals surface area contributed by atoms with Crippen molar-refractivity contribution in [3.05, 3.63) is 29.3 Å². The predicted octanol–water partition coefficient (Wildman–Crippen LogP) is 3.40. The van der Waals surface area contributed by atoms with E-state index in [0.717, 1.165) is 12.5 Å². The fourth-order valence-electron chi connectivity index (χ4n) is 1.89. The van der Waals surface area contributed by atoms with Crippen molar-refractivity contribution in [1.29, 1.82) is 5.26 Å². The molecule has 0 aliphatic carbocycles. The smallest absolute Gasteiger partial charge is 0.396 e. The van der Waals surface area contributed by atoms with Crippen molar-refractivity contribution >= 4 is 5.69 Å². The van der Waals surface area contributed by atoms with Crippen molar-refractivity contribution in [2.45, 2.75) is 25.9 Å². The van der Waals surface area contributed by atoms with Crippen LogP contribution in [0.15, 0.2) is 18.2 Å². The maximum absolute atomic E-state index is 12.6. The summed E-state index contributed by atoms with van der Waals surface area (Å²) in [7, 11) is 0. The molecule has 0 aliphatic heterocycles. The van der Waals surface area contributed by atoms with E-state index in [-0.39, 0.29) is 12.5 Å². The van der Waals surface area contributed by atoms with Gasteiger partial charge in [-0.2, -0.15) is 18.4 Å². The highest BCUT2D eigenvalue weighted by molar-refractivity contribution is 5.53. The van der Waals surface area contributed by atoms with Crippen LogP contribution in [0, 0.1) is 17.2 Å². The SMILES string of the molecule is CCC(CCO)CNc1ccc(C(F)(F)F)c(C#N)c1. The molecule has 110 valence electrons. The second-order valence-corrected chi connectivity index (χ2v) is 4.54. The number of alkyl halides is 3. The number of halogens is 3. The number of nitrogens with zero attached hydrogens (tertiary/aromatic N) is 1. The van der Waals surface area contributed by atoms with E-state index in [4.69, 9.17) is 10.4 Å². The number of aliphatic hydroxyl groups excluding tert-OH is 1. The first kappa shape index (κ1) is 16.3. The first-order valence-corrected chi connectivity index (χ1v) is 6.38. The Kier molecular flexibility index (Phi) is 5.83. The van der Waals surface area contributed by atoms with E-state index in [1.54, 1.807) is 6.07 Å². The van der Waals surface area contributed by atoms with E-state index in [1.807, 2.05) is 6.92 Å². The molecule has 1 aromatic carbocycles. The van der Waals surface area contributed by atoms with Crippen LogP contribution in [-0.2, 0) is 6.18 Å². The summed E-state index contributed by atoms with van der Waals surface area (Å²) in [6.07, 6.45) is -3.03. The average Bonchev–Trinajstić information content (AvgIpc) is 2.41. The molecular weight excluding hydrogens is 269 g/mol. The Morgan fingerprint density at radius 2 is 2.10 bits per heavy atom. The van der Waals surface area contributed by atoms with Crippen molar-refractivity contribution < 1.29 is 18.3 Å². The summed E-state index contributed by atoms with van der Waals surface area (Å²) in [5.74, 6) is 0.243. The van der Waals surface area contributed by atoms with Gasteiger partial charge in [0.25, 0.3) is 0 Å². The van der Waals surface area contributed by atoms with Crippen LogP contribution in [0.5, 0.6) is 0 Å². The minimum Gasteiger partial charge on any atom is -0.396 e. The standard InChI is InChI=1S/C14H17F3N2O/c1-2-10(5-6-20)9-19-12-3-4-13(14(15,16)17)11(7-12)8-18/h3-4,7,10,19-20H,2,5-6,9H2,1H3. The average molecular weight is 286 g/mol. The third-order valence-corrected chi connectivity index (χ3v) is 3.15. The van der Waals surface area contributed by atoms with Gasteiger partial charge in [0.1, 0.15) is 0 Å². The van der Waals surface area contributed by atoms with Crippen molar-refractivity contribution in [3.8, 4) is 6.07 Å². The molecule has 0 saturated carbocycles. The van der Waals surface area contributed by atoms with Gasteiger partial charge in [-0.1, -0.05) is 13.3 Å². The number of hydrogen-bond donors (Lipinski definition) is 2. The summed E-state index contributed by atoms with van der Waals surface area (Å²) in [5, 5.41) is 20.7. The van der Waals surface area contributed by atoms with Crippen LogP contribution in [0.1, 0.15) is 30.9 Å². The van der Waals surface area contributed by atoms with Crippen LogP contribution in [0.2, 0.25) is 0 Å². The van der Waals surface area contributed by atoms with Gasteiger partial charge in [0.05, 0.1) is 17.2 Å². The van der Waals surface area contributed by atoms with Gasteiger partial charge in [-0.25, -0.2) is 0 Å². The van der Waals surface area contributed by atoms with Crippen LogP contribution < -0.4 is 5.32 Å². The van der Waals surface area contributed by atoms with Gasteiger partial charge in [0.15, 0.2) is 0 Å². The van der Waals surface area contributed by atoms with Gasteiger partial charge >= 0.3 is 6.18 Å².